The van der Waals surface area contributed by atoms with Gasteiger partial charge in [0.25, 0.3) is 0 Å². The third kappa shape index (κ3) is 18.1. The molecule has 0 aromatic rings. The number of hydrogen-bond acceptors (Lipinski definition) is 6. The topological polar surface area (TPSA) is 67.4 Å². The summed E-state index contributed by atoms with van der Waals surface area (Å²) in [7, 11) is -2.56. The van der Waals surface area contributed by atoms with Crippen molar-refractivity contribution in [3.05, 3.63) is 0 Å². The molecule has 0 heterocycles. The number of rotatable bonds is 20. The summed E-state index contributed by atoms with van der Waals surface area (Å²) in [6.45, 7) is 3.48. The van der Waals surface area contributed by atoms with E-state index in [2.05, 4.69) is 10.6 Å². The van der Waals surface area contributed by atoms with Gasteiger partial charge in [0.05, 0.1) is 6.61 Å². The lowest BCUT2D eigenvalue weighted by atomic mass is 9.94. The maximum Gasteiger partial charge on any atom is 0.322 e. The summed E-state index contributed by atoms with van der Waals surface area (Å²) in [6.07, 6.45) is 27.7. The molecule has 2 saturated carbocycles. The Morgan fingerprint density at radius 2 is 1.09 bits per heavy atom. The summed E-state index contributed by atoms with van der Waals surface area (Å²) in [5.41, 5.74) is 0. The third-order valence-corrected chi connectivity index (χ3v) is 10.7. The van der Waals surface area contributed by atoms with Gasteiger partial charge in [-0.3, -0.25) is 4.18 Å². The van der Waals surface area contributed by atoms with Crippen LogP contribution in [0, 0.1) is 11.8 Å². The Morgan fingerprint density at radius 1 is 0.600 bits per heavy atom. The third-order valence-electron chi connectivity index (χ3n) is 7.89. The molecule has 0 saturated heterocycles. The van der Waals surface area contributed by atoms with Crippen LogP contribution >= 0.6 is 10.8 Å². The van der Waals surface area contributed by atoms with Crippen LogP contribution in [0.4, 0.5) is 0 Å². The molecule has 2 fully saturated rings. The van der Waals surface area contributed by atoms with Gasteiger partial charge in [-0.2, -0.15) is 8.42 Å². The molecule has 208 valence electrons. The van der Waals surface area contributed by atoms with E-state index >= 15 is 0 Å². The van der Waals surface area contributed by atoms with Gasteiger partial charge in [0.15, 0.2) is 0 Å². The molecule has 2 aliphatic carbocycles. The van der Waals surface area contributed by atoms with Gasteiger partial charge in [-0.05, 0) is 48.6 Å². The fraction of sp³-hybridized carbons (Fsp3) is 1.00. The van der Waals surface area contributed by atoms with Crippen molar-refractivity contribution >= 4 is 19.9 Å². The molecular formula is C28H56N2O3S2. The lowest BCUT2D eigenvalue weighted by Crippen LogP contribution is -2.22. The first-order valence-electron chi connectivity index (χ1n) is 15.1. The van der Waals surface area contributed by atoms with Crippen LogP contribution in [0.2, 0.25) is 0 Å². The van der Waals surface area contributed by atoms with Crippen LogP contribution in [0.15, 0.2) is 0 Å². The summed E-state index contributed by atoms with van der Waals surface area (Å²) >= 11 is 0. The number of unbranched alkanes of at least 4 members (excludes halogenated alkanes) is 4. The zero-order valence-electron chi connectivity index (χ0n) is 22.6. The average Bonchev–Trinajstić information content (AvgIpc) is 3.27. The fourth-order valence-corrected chi connectivity index (χ4v) is 7.80. The Balaban J connectivity index is 1.31. The predicted octanol–water partition coefficient (Wildman–Crippen LogP) is 7.22. The van der Waals surface area contributed by atoms with Crippen LogP contribution in [0.25, 0.3) is 0 Å². The Bertz CT molecular complexity index is 529. The lowest BCUT2D eigenvalue weighted by Gasteiger charge is -2.13. The van der Waals surface area contributed by atoms with Gasteiger partial charge in [-0.15, -0.1) is 0 Å². The molecule has 35 heavy (non-hydrogen) atoms. The van der Waals surface area contributed by atoms with Crippen molar-refractivity contribution in [3.8, 4) is 0 Å². The van der Waals surface area contributed by atoms with Crippen LogP contribution in [-0.4, -0.2) is 47.0 Å². The van der Waals surface area contributed by atoms with Gasteiger partial charge in [0.2, 0.25) is 0 Å². The summed E-state index contributed by atoms with van der Waals surface area (Å²) in [4.78, 5) is 0. The largest absolute Gasteiger partial charge is 0.322 e. The molecule has 0 spiro atoms. The van der Waals surface area contributed by atoms with Crippen LogP contribution in [0.1, 0.15) is 128 Å². The van der Waals surface area contributed by atoms with Crippen molar-refractivity contribution in [2.75, 3.05) is 38.5 Å². The average molecular weight is 533 g/mol. The first-order chi connectivity index (χ1) is 17.2. The van der Waals surface area contributed by atoms with Gasteiger partial charge in [0.1, 0.15) is 0 Å². The Kier molecular flexibility index (Phi) is 19.0. The van der Waals surface area contributed by atoms with Crippen molar-refractivity contribution < 1.29 is 12.6 Å². The molecule has 7 heteroatoms. The maximum absolute atomic E-state index is 12.0. The molecular weight excluding hydrogens is 476 g/mol. The maximum atomic E-state index is 12.0. The molecule has 2 aliphatic rings. The minimum absolute atomic E-state index is 0.228. The molecule has 5 nitrogen and oxygen atoms in total. The smallest absolute Gasteiger partial charge is 0.316 e. The second kappa shape index (κ2) is 21.2. The minimum Gasteiger partial charge on any atom is -0.316 e. The van der Waals surface area contributed by atoms with E-state index in [1.54, 1.807) is 0 Å². The summed E-state index contributed by atoms with van der Waals surface area (Å²) in [5, 5.41) is 6.70. The first-order valence-corrected chi connectivity index (χ1v) is 18.0. The summed E-state index contributed by atoms with van der Waals surface area (Å²) in [5.74, 6) is 2.49. The second-order valence-corrected chi connectivity index (χ2v) is 14.6. The van der Waals surface area contributed by atoms with E-state index in [4.69, 9.17) is 4.18 Å². The van der Waals surface area contributed by atoms with E-state index in [0.717, 1.165) is 42.3 Å². The van der Waals surface area contributed by atoms with E-state index in [1.807, 2.05) is 0 Å². The van der Waals surface area contributed by atoms with E-state index in [1.165, 1.54) is 128 Å². The van der Waals surface area contributed by atoms with Crippen molar-refractivity contribution in [1.29, 1.82) is 0 Å². The second-order valence-electron chi connectivity index (χ2n) is 11.0. The normalized spacial score (nSPS) is 19.0. The molecule has 0 aromatic carbocycles. The Labute approximate surface area is 221 Å². The highest BCUT2D eigenvalue weighted by Gasteiger charge is 2.13. The summed E-state index contributed by atoms with van der Waals surface area (Å²) in [6, 6.07) is 0. The van der Waals surface area contributed by atoms with Crippen LogP contribution in [-0.2, 0) is 13.3 Å². The van der Waals surface area contributed by atoms with Crippen molar-refractivity contribution in [2.45, 2.75) is 128 Å². The van der Waals surface area contributed by atoms with Crippen molar-refractivity contribution in [3.63, 3.8) is 0 Å². The first kappa shape index (κ1) is 31.4. The SMILES string of the molecule is O=S(=O)(OCCNCCCCCC1CCCCCC1)SCCNCCCCCC1CCCCCC1. The molecule has 0 bridgehead atoms. The number of nitrogens with one attached hydrogen (secondary N) is 2. The molecule has 0 radical (unpaired) electrons. The van der Waals surface area contributed by atoms with Crippen molar-refractivity contribution in [1.82, 2.24) is 10.6 Å². The molecule has 2 rings (SSSR count). The van der Waals surface area contributed by atoms with Crippen molar-refractivity contribution in [2.24, 2.45) is 11.8 Å². The minimum atomic E-state index is -3.48. The molecule has 0 aromatic heterocycles. The predicted molar refractivity (Wildman–Crippen MR) is 152 cm³/mol. The van der Waals surface area contributed by atoms with E-state index in [-0.39, 0.29) is 6.61 Å². The molecule has 0 aliphatic heterocycles. The van der Waals surface area contributed by atoms with Gasteiger partial charge >= 0.3 is 9.15 Å². The monoisotopic (exact) mass is 532 g/mol. The summed E-state index contributed by atoms with van der Waals surface area (Å²) < 4.78 is 29.1. The lowest BCUT2D eigenvalue weighted by molar-refractivity contribution is 0.324. The van der Waals surface area contributed by atoms with Gasteiger partial charge < -0.3 is 10.6 Å². The van der Waals surface area contributed by atoms with Gasteiger partial charge in [0, 0.05) is 18.8 Å². The molecule has 2 N–H and O–H groups in total. The zero-order valence-corrected chi connectivity index (χ0v) is 24.2. The van der Waals surface area contributed by atoms with E-state index in [9.17, 15) is 8.42 Å². The molecule has 0 amide bonds. The molecule has 0 atom stereocenters. The molecule has 0 unspecified atom stereocenters. The van der Waals surface area contributed by atoms with Crippen LogP contribution in [0.3, 0.4) is 0 Å². The van der Waals surface area contributed by atoms with Gasteiger partial charge in [-0.25, -0.2) is 0 Å². The quantitative estimate of drug-likeness (QED) is 0.0980. The highest BCUT2D eigenvalue weighted by molar-refractivity contribution is 8.70. The van der Waals surface area contributed by atoms with E-state index < -0.39 is 9.15 Å². The van der Waals surface area contributed by atoms with E-state index in [0.29, 0.717) is 12.3 Å². The zero-order chi connectivity index (χ0) is 24.9. The Morgan fingerprint density at radius 3 is 1.60 bits per heavy atom. The number of hydrogen-bond donors (Lipinski definition) is 2. The Hall–Kier alpha value is 0.180. The highest BCUT2D eigenvalue weighted by atomic mass is 33.1. The highest BCUT2D eigenvalue weighted by Crippen LogP contribution is 2.28. The standard InChI is InChI=1S/C28H56N2O3S2/c31-35(32,33-25-23-29-21-13-5-11-19-27-15-7-1-2-8-16-27)34-26-24-30-22-14-6-12-20-28-17-9-3-4-10-18-28/h27-30H,1-26H2. The van der Waals surface area contributed by atoms with Gasteiger partial charge in [-0.1, -0.05) is 116 Å². The fourth-order valence-electron chi connectivity index (χ4n) is 5.74. The van der Waals surface area contributed by atoms with Crippen LogP contribution in [0.5, 0.6) is 0 Å². The van der Waals surface area contributed by atoms with Crippen LogP contribution < -0.4 is 10.6 Å².